The maximum Gasteiger partial charge on any atom is 0.319 e. The number of H-pyrrole nitrogens is 1. The molecule has 2 atom stereocenters. The van der Waals surface area contributed by atoms with Crippen molar-refractivity contribution < 1.29 is 9.13 Å². The second kappa shape index (κ2) is 9.55. The lowest BCUT2D eigenvalue weighted by atomic mass is 9.95. The molecule has 3 aliphatic rings. The molecule has 1 N–H and O–H groups in total. The van der Waals surface area contributed by atoms with E-state index in [0.717, 1.165) is 84.2 Å². The average molecular weight is 528 g/mol. The van der Waals surface area contributed by atoms with Gasteiger partial charge < -0.3 is 9.64 Å². The maximum absolute atomic E-state index is 14.4. The zero-order valence-corrected chi connectivity index (χ0v) is 22.6. The van der Waals surface area contributed by atoms with Gasteiger partial charge in [-0.25, -0.2) is 4.39 Å². The number of aromatic amines is 1. The number of pyridine rings is 1. The zero-order chi connectivity index (χ0) is 26.6. The molecule has 202 valence electrons. The fraction of sp³-hybridized carbons (Fsp3) is 0.467. The van der Waals surface area contributed by atoms with Gasteiger partial charge in [0.05, 0.1) is 33.8 Å². The molecule has 6 heterocycles. The molecule has 2 unspecified atom stereocenters. The van der Waals surface area contributed by atoms with Crippen LogP contribution in [0.25, 0.3) is 33.1 Å². The van der Waals surface area contributed by atoms with Gasteiger partial charge in [0.15, 0.2) is 0 Å². The molecule has 3 aromatic heterocycles. The minimum Gasteiger partial charge on any atom is -0.461 e. The smallest absolute Gasteiger partial charge is 0.319 e. The average Bonchev–Trinajstić information content (AvgIpc) is 3.54. The van der Waals surface area contributed by atoms with E-state index < -0.39 is 6.17 Å². The summed E-state index contributed by atoms with van der Waals surface area (Å²) in [7, 11) is 0. The van der Waals surface area contributed by atoms with E-state index in [-0.39, 0.29) is 5.54 Å². The highest BCUT2D eigenvalue weighted by molar-refractivity contribution is 5.99. The molecule has 0 spiro atoms. The first kappa shape index (κ1) is 24.5. The van der Waals surface area contributed by atoms with Crippen molar-refractivity contribution in [3.8, 4) is 17.3 Å². The van der Waals surface area contributed by atoms with Crippen LogP contribution < -0.4 is 9.64 Å². The first-order valence-electron chi connectivity index (χ1n) is 14.0. The second-order valence-electron chi connectivity index (χ2n) is 11.3. The van der Waals surface area contributed by atoms with Gasteiger partial charge in [-0.05, 0) is 69.3 Å². The fourth-order valence-corrected chi connectivity index (χ4v) is 6.76. The van der Waals surface area contributed by atoms with E-state index in [1.165, 1.54) is 11.1 Å². The lowest BCUT2D eigenvalue weighted by Crippen LogP contribution is -2.43. The number of nitrogens with one attached hydrogen (secondary N) is 1. The van der Waals surface area contributed by atoms with Crippen molar-refractivity contribution in [1.29, 1.82) is 0 Å². The van der Waals surface area contributed by atoms with Crippen molar-refractivity contribution in [2.45, 2.75) is 57.7 Å². The Morgan fingerprint density at radius 2 is 1.92 bits per heavy atom. The number of aryl methyl sites for hydroxylation is 1. The lowest BCUT2D eigenvalue weighted by Gasteiger charge is -2.31. The molecule has 1 aromatic carbocycles. The molecule has 2 saturated heterocycles. The van der Waals surface area contributed by atoms with Gasteiger partial charge in [0.2, 0.25) is 0 Å². The van der Waals surface area contributed by atoms with Crippen LogP contribution in [0.3, 0.4) is 0 Å². The number of ether oxygens (including phenoxy) is 1. The molecule has 3 aliphatic heterocycles. The van der Waals surface area contributed by atoms with E-state index in [2.05, 4.69) is 52.1 Å². The first-order chi connectivity index (χ1) is 19.0. The Morgan fingerprint density at radius 1 is 1.08 bits per heavy atom. The normalized spacial score (nSPS) is 23.6. The summed E-state index contributed by atoms with van der Waals surface area (Å²) < 4.78 is 20.7. The summed E-state index contributed by atoms with van der Waals surface area (Å²) in [6.07, 6.45) is 11.9. The Morgan fingerprint density at radius 3 is 2.77 bits per heavy atom. The molecule has 4 aromatic rings. The summed E-state index contributed by atoms with van der Waals surface area (Å²) in [6.45, 7) is 7.82. The number of rotatable bonds is 5. The van der Waals surface area contributed by atoms with Crippen LogP contribution >= 0.6 is 0 Å². The Bertz CT molecular complexity index is 1570. The van der Waals surface area contributed by atoms with E-state index in [9.17, 15) is 4.39 Å². The van der Waals surface area contributed by atoms with Crippen molar-refractivity contribution >= 4 is 27.6 Å². The highest BCUT2D eigenvalue weighted by Gasteiger charge is 2.49. The third kappa shape index (κ3) is 4.23. The number of anilines is 1. The predicted octanol–water partition coefficient (Wildman–Crippen LogP) is 5.30. The summed E-state index contributed by atoms with van der Waals surface area (Å²) in [6, 6.07) is 4.52. The van der Waals surface area contributed by atoms with Crippen LogP contribution in [0.4, 0.5) is 10.2 Å². The van der Waals surface area contributed by atoms with Crippen LogP contribution in [-0.2, 0) is 0 Å². The Balaban J connectivity index is 1.32. The summed E-state index contributed by atoms with van der Waals surface area (Å²) >= 11 is 0. The van der Waals surface area contributed by atoms with Crippen LogP contribution in [-0.4, -0.2) is 74.5 Å². The van der Waals surface area contributed by atoms with Crippen molar-refractivity contribution in [2.24, 2.45) is 0 Å². The Labute approximate surface area is 227 Å². The number of hydrogen-bond donors (Lipinski definition) is 1. The zero-order valence-electron chi connectivity index (χ0n) is 22.6. The van der Waals surface area contributed by atoms with Gasteiger partial charge in [-0.2, -0.15) is 15.1 Å². The standard InChI is InChI=1S/C30H34FN7O/c1-19-12-25-22(16-33-36-25)27(20(19)2)26-13-24-23(15-32-26)28(37-9-5-3-4-6-10-37)35-29(34-24)39-18-30-8-7-11-38(30)17-21(31)14-30/h3-4,12-13,15-16,21H,5-11,14,17-18H2,1-2H3,(H,33,36). The largest absolute Gasteiger partial charge is 0.461 e. The second-order valence-corrected chi connectivity index (χ2v) is 11.3. The van der Waals surface area contributed by atoms with E-state index >= 15 is 0 Å². The summed E-state index contributed by atoms with van der Waals surface area (Å²) in [4.78, 5) is 19.3. The number of fused-ring (bicyclic) bond motifs is 3. The lowest BCUT2D eigenvalue weighted by molar-refractivity contribution is 0.107. The Kier molecular flexibility index (Phi) is 5.99. The molecule has 0 aliphatic carbocycles. The molecule has 0 bridgehead atoms. The van der Waals surface area contributed by atoms with Crippen LogP contribution in [0.15, 0.2) is 36.7 Å². The van der Waals surface area contributed by atoms with Gasteiger partial charge in [0.1, 0.15) is 18.6 Å². The molecule has 0 saturated carbocycles. The van der Waals surface area contributed by atoms with Gasteiger partial charge in [-0.15, -0.1) is 0 Å². The van der Waals surface area contributed by atoms with Crippen LogP contribution in [0.5, 0.6) is 6.01 Å². The predicted molar refractivity (Wildman–Crippen MR) is 151 cm³/mol. The Hall–Kier alpha value is -3.59. The number of halogens is 1. The van der Waals surface area contributed by atoms with Crippen LogP contribution in [0.1, 0.15) is 43.2 Å². The highest BCUT2D eigenvalue weighted by atomic mass is 19.1. The van der Waals surface area contributed by atoms with E-state index in [0.29, 0.717) is 25.6 Å². The summed E-state index contributed by atoms with van der Waals surface area (Å²) in [5, 5.41) is 9.33. The van der Waals surface area contributed by atoms with Crippen molar-refractivity contribution in [3.63, 3.8) is 0 Å². The maximum atomic E-state index is 14.4. The first-order valence-corrected chi connectivity index (χ1v) is 14.0. The van der Waals surface area contributed by atoms with E-state index in [1.807, 2.05) is 18.5 Å². The molecular formula is C30H34FN7O. The number of benzene rings is 1. The minimum absolute atomic E-state index is 0.251. The minimum atomic E-state index is -0.794. The molecule has 7 rings (SSSR count). The van der Waals surface area contributed by atoms with Crippen molar-refractivity contribution in [3.05, 3.63) is 47.8 Å². The SMILES string of the molecule is Cc1cc2[nH]ncc2c(-c2cc3nc(OCC45CCCN4CC(F)C5)nc(N4CCC=CCC4)c3cn2)c1C. The van der Waals surface area contributed by atoms with E-state index in [1.54, 1.807) is 0 Å². The fourth-order valence-electron chi connectivity index (χ4n) is 6.76. The van der Waals surface area contributed by atoms with Gasteiger partial charge >= 0.3 is 6.01 Å². The molecule has 0 amide bonds. The molecular weight excluding hydrogens is 493 g/mol. The van der Waals surface area contributed by atoms with Gasteiger partial charge in [-0.1, -0.05) is 12.2 Å². The van der Waals surface area contributed by atoms with Crippen molar-refractivity contribution in [1.82, 2.24) is 30.0 Å². The van der Waals surface area contributed by atoms with Gasteiger partial charge in [0, 0.05) is 43.2 Å². The number of nitrogens with zero attached hydrogens (tertiary/aromatic N) is 6. The third-order valence-corrected chi connectivity index (χ3v) is 8.89. The molecule has 2 fully saturated rings. The van der Waals surface area contributed by atoms with Gasteiger partial charge in [0.25, 0.3) is 0 Å². The number of hydrogen-bond acceptors (Lipinski definition) is 7. The highest BCUT2D eigenvalue weighted by Crippen LogP contribution is 2.41. The number of aromatic nitrogens is 5. The number of alkyl halides is 1. The van der Waals surface area contributed by atoms with Crippen LogP contribution in [0, 0.1) is 13.8 Å². The molecule has 9 heteroatoms. The summed E-state index contributed by atoms with van der Waals surface area (Å²) in [5.74, 6) is 0.850. The monoisotopic (exact) mass is 527 g/mol. The van der Waals surface area contributed by atoms with E-state index in [4.69, 9.17) is 19.7 Å². The quantitative estimate of drug-likeness (QED) is 0.353. The molecule has 39 heavy (non-hydrogen) atoms. The molecule has 0 radical (unpaired) electrons. The van der Waals surface area contributed by atoms with Crippen molar-refractivity contribution in [2.75, 3.05) is 37.7 Å². The third-order valence-electron chi connectivity index (χ3n) is 8.89. The van der Waals surface area contributed by atoms with Gasteiger partial charge in [-0.3, -0.25) is 15.0 Å². The van der Waals surface area contributed by atoms with Crippen LogP contribution in [0.2, 0.25) is 0 Å². The topological polar surface area (TPSA) is 83.1 Å². The molecule has 8 nitrogen and oxygen atoms in total. The summed E-state index contributed by atoms with van der Waals surface area (Å²) in [5.41, 5.74) is 5.79.